The summed E-state index contributed by atoms with van der Waals surface area (Å²) in [5, 5.41) is 15.3. The summed E-state index contributed by atoms with van der Waals surface area (Å²) in [5.41, 5.74) is 0.524. The molecule has 1 aliphatic rings. The van der Waals surface area contributed by atoms with Crippen LogP contribution in [-0.2, 0) is 14.8 Å². The van der Waals surface area contributed by atoms with Crippen molar-refractivity contribution in [2.45, 2.75) is 38.0 Å². The second-order valence-electron chi connectivity index (χ2n) is 5.70. The Morgan fingerprint density at radius 1 is 1.62 bits per heavy atom. The second-order valence-corrected chi connectivity index (χ2v) is 7.61. The molecule has 8 heteroatoms. The summed E-state index contributed by atoms with van der Waals surface area (Å²) in [7, 11) is -3.55. The summed E-state index contributed by atoms with van der Waals surface area (Å²) in [6, 6.07) is 0. The van der Waals surface area contributed by atoms with E-state index < -0.39 is 16.0 Å². The molecule has 1 fully saturated rings. The fraction of sp³-hybridized carbons (Fsp3) is 0.692. The number of rotatable bonds is 5. The first-order valence-corrected chi connectivity index (χ1v) is 8.48. The number of nitrogens with zero attached hydrogens (tertiary/aromatic N) is 2. The Morgan fingerprint density at radius 3 is 2.90 bits per heavy atom. The van der Waals surface area contributed by atoms with Gasteiger partial charge in [-0.3, -0.25) is 9.89 Å². The van der Waals surface area contributed by atoms with Crippen molar-refractivity contribution in [3.05, 3.63) is 11.9 Å². The third-order valence-electron chi connectivity index (χ3n) is 4.12. The number of nitrogens with one attached hydrogen (secondary N) is 1. The molecule has 21 heavy (non-hydrogen) atoms. The molecule has 0 amide bonds. The summed E-state index contributed by atoms with van der Waals surface area (Å²) >= 11 is 0. The van der Waals surface area contributed by atoms with Crippen LogP contribution in [0.2, 0.25) is 0 Å². The number of sulfonamides is 1. The van der Waals surface area contributed by atoms with Gasteiger partial charge in [-0.05, 0) is 31.6 Å². The van der Waals surface area contributed by atoms with E-state index in [0.717, 1.165) is 12.8 Å². The smallest absolute Gasteiger partial charge is 0.303 e. The molecule has 0 radical (unpaired) electrons. The molecule has 1 aromatic heterocycles. The number of H-pyrrole nitrogens is 1. The van der Waals surface area contributed by atoms with Crippen LogP contribution in [0.15, 0.2) is 11.1 Å². The monoisotopic (exact) mass is 315 g/mol. The topological polar surface area (TPSA) is 103 Å². The first-order valence-electron chi connectivity index (χ1n) is 7.04. The van der Waals surface area contributed by atoms with Crippen molar-refractivity contribution in [2.75, 3.05) is 13.1 Å². The van der Waals surface area contributed by atoms with Crippen LogP contribution in [0.4, 0.5) is 0 Å². The highest BCUT2D eigenvalue weighted by atomic mass is 32.2. The van der Waals surface area contributed by atoms with E-state index >= 15 is 0 Å². The molecule has 1 saturated heterocycles. The Labute approximate surface area is 124 Å². The first kappa shape index (κ1) is 16.0. The van der Waals surface area contributed by atoms with Gasteiger partial charge in [0.15, 0.2) is 0 Å². The molecule has 7 nitrogen and oxygen atoms in total. The molecular weight excluding hydrogens is 294 g/mol. The predicted molar refractivity (Wildman–Crippen MR) is 76.2 cm³/mol. The number of carbonyl (C=O) groups is 1. The number of piperidine rings is 1. The van der Waals surface area contributed by atoms with Gasteiger partial charge >= 0.3 is 5.97 Å². The molecule has 2 N–H and O–H groups in total. The predicted octanol–water partition coefficient (Wildman–Crippen LogP) is 1.23. The highest BCUT2D eigenvalue weighted by molar-refractivity contribution is 7.89. The van der Waals surface area contributed by atoms with Crippen LogP contribution in [-0.4, -0.2) is 47.1 Å². The maximum atomic E-state index is 12.6. The van der Waals surface area contributed by atoms with E-state index in [-0.39, 0.29) is 23.2 Å². The molecule has 118 valence electrons. The highest BCUT2D eigenvalue weighted by Gasteiger charge is 2.34. The molecule has 2 unspecified atom stereocenters. The highest BCUT2D eigenvalue weighted by Crippen LogP contribution is 2.29. The lowest BCUT2D eigenvalue weighted by Crippen LogP contribution is -2.42. The van der Waals surface area contributed by atoms with Crippen LogP contribution in [0.5, 0.6) is 0 Å². The molecule has 0 saturated carbocycles. The molecule has 2 atom stereocenters. The summed E-state index contributed by atoms with van der Waals surface area (Å²) in [5.74, 6) is -0.795. The number of hydrogen-bond donors (Lipinski definition) is 2. The third kappa shape index (κ3) is 3.44. The zero-order valence-corrected chi connectivity index (χ0v) is 13.1. The molecule has 0 bridgehead atoms. The largest absolute Gasteiger partial charge is 0.481 e. The molecule has 2 rings (SSSR count). The van der Waals surface area contributed by atoms with Crippen molar-refractivity contribution in [3.63, 3.8) is 0 Å². The van der Waals surface area contributed by atoms with Crippen LogP contribution in [0, 0.1) is 18.8 Å². The van der Waals surface area contributed by atoms with Crippen molar-refractivity contribution in [3.8, 4) is 0 Å². The van der Waals surface area contributed by atoms with Crippen molar-refractivity contribution in [2.24, 2.45) is 11.8 Å². The molecule has 0 aliphatic carbocycles. The van der Waals surface area contributed by atoms with Crippen molar-refractivity contribution in [1.82, 2.24) is 14.5 Å². The minimum absolute atomic E-state index is 0.0362. The number of hydrogen-bond acceptors (Lipinski definition) is 4. The van der Waals surface area contributed by atoms with E-state index in [0.29, 0.717) is 18.8 Å². The Bertz CT molecular complexity index is 611. The zero-order chi connectivity index (χ0) is 15.6. The van der Waals surface area contributed by atoms with Gasteiger partial charge in [-0.15, -0.1) is 0 Å². The minimum Gasteiger partial charge on any atom is -0.481 e. The lowest BCUT2D eigenvalue weighted by atomic mass is 9.85. The number of carboxylic acid groups (broad SMARTS) is 1. The normalized spacial score (nSPS) is 22.1. The fourth-order valence-electron chi connectivity index (χ4n) is 2.84. The number of carboxylic acids is 1. The Hall–Kier alpha value is -1.41. The van der Waals surface area contributed by atoms with E-state index in [4.69, 9.17) is 5.11 Å². The van der Waals surface area contributed by atoms with Gasteiger partial charge in [-0.25, -0.2) is 8.42 Å². The van der Waals surface area contributed by atoms with Crippen LogP contribution in [0.1, 0.15) is 31.9 Å². The van der Waals surface area contributed by atoms with Crippen LogP contribution >= 0.6 is 0 Å². The second kappa shape index (κ2) is 6.15. The van der Waals surface area contributed by atoms with Gasteiger partial charge in [0.25, 0.3) is 0 Å². The quantitative estimate of drug-likeness (QED) is 0.850. The first-order chi connectivity index (χ1) is 9.82. The van der Waals surface area contributed by atoms with Gasteiger partial charge in [-0.1, -0.05) is 6.92 Å². The summed E-state index contributed by atoms with van der Waals surface area (Å²) in [6.07, 6.45) is 3.02. The van der Waals surface area contributed by atoms with Gasteiger partial charge in [0.1, 0.15) is 4.90 Å². The third-order valence-corrected chi connectivity index (χ3v) is 6.10. The van der Waals surface area contributed by atoms with Gasteiger partial charge in [0.2, 0.25) is 10.0 Å². The lowest BCUT2D eigenvalue weighted by molar-refractivity contribution is -0.138. The maximum Gasteiger partial charge on any atom is 0.303 e. The van der Waals surface area contributed by atoms with Crippen molar-refractivity contribution >= 4 is 16.0 Å². The number of aryl methyl sites for hydroxylation is 1. The average Bonchev–Trinajstić information content (AvgIpc) is 2.85. The fourth-order valence-corrected chi connectivity index (χ4v) is 4.49. The lowest BCUT2D eigenvalue weighted by Gasteiger charge is -2.34. The van der Waals surface area contributed by atoms with E-state index in [1.807, 2.05) is 6.92 Å². The molecule has 1 aromatic rings. The maximum absolute atomic E-state index is 12.6. The van der Waals surface area contributed by atoms with E-state index in [1.165, 1.54) is 10.5 Å². The van der Waals surface area contributed by atoms with Crippen LogP contribution in [0.3, 0.4) is 0 Å². The van der Waals surface area contributed by atoms with Crippen LogP contribution < -0.4 is 0 Å². The number of aromatic amines is 1. The minimum atomic E-state index is -3.55. The molecule has 1 aliphatic heterocycles. The molecule has 2 heterocycles. The van der Waals surface area contributed by atoms with Crippen molar-refractivity contribution < 1.29 is 18.3 Å². The van der Waals surface area contributed by atoms with Gasteiger partial charge < -0.3 is 5.11 Å². The summed E-state index contributed by atoms with van der Waals surface area (Å²) in [6.45, 7) is 4.40. The Balaban J connectivity index is 2.14. The zero-order valence-electron chi connectivity index (χ0n) is 12.2. The van der Waals surface area contributed by atoms with Crippen LogP contribution in [0.25, 0.3) is 0 Å². The van der Waals surface area contributed by atoms with Gasteiger partial charge in [0, 0.05) is 19.5 Å². The van der Waals surface area contributed by atoms with E-state index in [1.54, 1.807) is 6.92 Å². The van der Waals surface area contributed by atoms with E-state index in [2.05, 4.69) is 10.2 Å². The number of aromatic nitrogens is 2. The summed E-state index contributed by atoms with van der Waals surface area (Å²) < 4.78 is 26.7. The Kier molecular flexibility index (Phi) is 4.67. The summed E-state index contributed by atoms with van der Waals surface area (Å²) in [4.78, 5) is 11.0. The molecular formula is C13H21N3O4S. The SMILES string of the molecule is Cc1[nH]ncc1S(=O)(=O)N1CCCC(C(C)CC(=O)O)C1. The average molecular weight is 315 g/mol. The standard InChI is InChI=1S/C13H21N3O4S/c1-9(6-13(17)18)11-4-3-5-16(8-11)21(19,20)12-7-14-15-10(12)2/h7,9,11H,3-6,8H2,1-2H3,(H,14,15)(H,17,18). The van der Waals surface area contributed by atoms with Crippen molar-refractivity contribution in [1.29, 1.82) is 0 Å². The van der Waals surface area contributed by atoms with Gasteiger partial charge in [-0.2, -0.15) is 9.40 Å². The van der Waals surface area contributed by atoms with E-state index in [9.17, 15) is 13.2 Å². The van der Waals surface area contributed by atoms with Gasteiger partial charge in [0.05, 0.1) is 11.9 Å². The number of aliphatic carboxylic acids is 1. The molecule has 0 spiro atoms. The molecule has 0 aromatic carbocycles. The Morgan fingerprint density at radius 2 is 2.33 bits per heavy atom.